The smallest absolute Gasteiger partial charge is 0.122 e. The fourth-order valence-electron chi connectivity index (χ4n) is 3.69. The van der Waals surface area contributed by atoms with Gasteiger partial charge in [0.15, 0.2) is 0 Å². The molecule has 1 aromatic carbocycles. The number of hydrogen-bond acceptors (Lipinski definition) is 5. The van der Waals surface area contributed by atoms with E-state index in [2.05, 4.69) is 48.9 Å². The summed E-state index contributed by atoms with van der Waals surface area (Å²) >= 11 is 0. The molecule has 1 aliphatic heterocycles. The Kier molecular flexibility index (Phi) is 6.49. The van der Waals surface area contributed by atoms with Gasteiger partial charge in [-0.05, 0) is 19.9 Å². The molecule has 1 aromatic rings. The summed E-state index contributed by atoms with van der Waals surface area (Å²) in [7, 11) is 0. The maximum atomic E-state index is 10.7. The number of rotatable bonds is 7. The number of aromatic hydroxyl groups is 1. The third kappa shape index (κ3) is 4.02. The molecule has 3 N–H and O–H groups in total. The standard InChI is InChI=1S/C19H33N3O2/c1-5-21(6-2)15-7-8-16(17(24)13-15)18(19(3,4)14-23)22-11-9-20-10-12-22/h7-8,13,18,20,23-24H,5-6,9-12,14H2,1-4H3/t18-/m1/s1. The van der Waals surface area contributed by atoms with E-state index in [0.717, 1.165) is 50.5 Å². The average molecular weight is 335 g/mol. The van der Waals surface area contributed by atoms with E-state index >= 15 is 0 Å². The van der Waals surface area contributed by atoms with E-state index in [-0.39, 0.29) is 18.1 Å². The first-order valence-corrected chi connectivity index (χ1v) is 9.08. The second kappa shape index (κ2) is 8.19. The largest absolute Gasteiger partial charge is 0.508 e. The lowest BCUT2D eigenvalue weighted by Crippen LogP contribution is -2.49. The number of hydrogen-bond donors (Lipinski definition) is 3. The van der Waals surface area contributed by atoms with Crippen LogP contribution in [0.4, 0.5) is 5.69 Å². The number of piperazine rings is 1. The van der Waals surface area contributed by atoms with Crippen molar-refractivity contribution in [1.82, 2.24) is 10.2 Å². The van der Waals surface area contributed by atoms with E-state index in [9.17, 15) is 10.2 Å². The van der Waals surface area contributed by atoms with Crippen molar-refractivity contribution >= 4 is 5.69 Å². The molecule has 1 fully saturated rings. The van der Waals surface area contributed by atoms with Gasteiger partial charge in [0.2, 0.25) is 0 Å². The molecule has 136 valence electrons. The summed E-state index contributed by atoms with van der Waals surface area (Å²) < 4.78 is 0. The van der Waals surface area contributed by atoms with Gasteiger partial charge in [0.1, 0.15) is 5.75 Å². The number of benzene rings is 1. The van der Waals surface area contributed by atoms with E-state index in [0.29, 0.717) is 5.75 Å². The molecular weight excluding hydrogens is 302 g/mol. The van der Waals surface area contributed by atoms with Crippen molar-refractivity contribution in [3.63, 3.8) is 0 Å². The van der Waals surface area contributed by atoms with Gasteiger partial charge in [0.05, 0.1) is 0 Å². The van der Waals surface area contributed by atoms with Crippen molar-refractivity contribution < 1.29 is 10.2 Å². The maximum absolute atomic E-state index is 10.7. The van der Waals surface area contributed by atoms with Crippen LogP contribution < -0.4 is 10.2 Å². The minimum atomic E-state index is -0.328. The van der Waals surface area contributed by atoms with Crippen molar-refractivity contribution in [1.29, 1.82) is 0 Å². The van der Waals surface area contributed by atoms with Gasteiger partial charge in [-0.1, -0.05) is 19.9 Å². The molecule has 2 rings (SSSR count). The van der Waals surface area contributed by atoms with Crippen molar-refractivity contribution in [2.45, 2.75) is 33.7 Å². The van der Waals surface area contributed by atoms with Crippen LogP contribution in [0.15, 0.2) is 18.2 Å². The van der Waals surface area contributed by atoms with Gasteiger partial charge in [0.25, 0.3) is 0 Å². The highest BCUT2D eigenvalue weighted by molar-refractivity contribution is 5.54. The molecule has 0 radical (unpaired) electrons. The van der Waals surface area contributed by atoms with Crippen molar-refractivity contribution in [2.24, 2.45) is 5.41 Å². The van der Waals surface area contributed by atoms with E-state index in [4.69, 9.17) is 0 Å². The summed E-state index contributed by atoms with van der Waals surface area (Å²) in [5.74, 6) is 0.324. The van der Waals surface area contributed by atoms with Crippen LogP contribution in [0, 0.1) is 5.41 Å². The fourth-order valence-corrected chi connectivity index (χ4v) is 3.69. The first-order chi connectivity index (χ1) is 11.4. The highest BCUT2D eigenvalue weighted by atomic mass is 16.3. The quantitative estimate of drug-likeness (QED) is 0.713. The zero-order valence-electron chi connectivity index (χ0n) is 15.5. The first-order valence-electron chi connectivity index (χ1n) is 9.08. The predicted octanol–water partition coefficient (Wildman–Crippen LogP) is 2.20. The molecule has 1 atom stereocenters. The summed E-state index contributed by atoms with van der Waals surface area (Å²) in [5, 5.41) is 24.0. The number of anilines is 1. The molecule has 5 heteroatoms. The summed E-state index contributed by atoms with van der Waals surface area (Å²) in [6.45, 7) is 14.0. The highest BCUT2D eigenvalue weighted by Crippen LogP contribution is 2.42. The molecule has 24 heavy (non-hydrogen) atoms. The van der Waals surface area contributed by atoms with Crippen LogP contribution in [0.3, 0.4) is 0 Å². The topological polar surface area (TPSA) is 59.0 Å². The normalized spacial score (nSPS) is 17.7. The average Bonchev–Trinajstić information content (AvgIpc) is 2.59. The van der Waals surface area contributed by atoms with Crippen LogP contribution in [0.1, 0.15) is 39.3 Å². The van der Waals surface area contributed by atoms with Gasteiger partial charge in [-0.15, -0.1) is 0 Å². The minimum Gasteiger partial charge on any atom is -0.508 e. The molecule has 0 unspecified atom stereocenters. The van der Waals surface area contributed by atoms with Crippen LogP contribution in [-0.2, 0) is 0 Å². The third-order valence-electron chi connectivity index (χ3n) is 5.10. The second-order valence-electron chi connectivity index (χ2n) is 7.25. The Morgan fingerprint density at radius 2 is 1.83 bits per heavy atom. The molecule has 0 aromatic heterocycles. The zero-order valence-corrected chi connectivity index (χ0v) is 15.5. The summed E-state index contributed by atoms with van der Waals surface area (Å²) in [6.07, 6.45) is 0. The molecular formula is C19H33N3O2. The summed E-state index contributed by atoms with van der Waals surface area (Å²) in [4.78, 5) is 4.60. The van der Waals surface area contributed by atoms with Crippen LogP contribution in [0.25, 0.3) is 0 Å². The molecule has 0 saturated carbocycles. The number of aliphatic hydroxyl groups is 1. The van der Waals surface area contributed by atoms with Crippen LogP contribution in [0.2, 0.25) is 0 Å². The molecule has 0 amide bonds. The fraction of sp³-hybridized carbons (Fsp3) is 0.684. The monoisotopic (exact) mass is 335 g/mol. The maximum Gasteiger partial charge on any atom is 0.122 e. The molecule has 1 saturated heterocycles. The Labute approximate surface area is 146 Å². The van der Waals surface area contributed by atoms with Gasteiger partial charge >= 0.3 is 0 Å². The van der Waals surface area contributed by atoms with E-state index in [1.807, 2.05) is 12.1 Å². The molecule has 0 spiro atoms. The van der Waals surface area contributed by atoms with Crippen molar-refractivity contribution in [3.05, 3.63) is 23.8 Å². The van der Waals surface area contributed by atoms with Crippen LogP contribution >= 0.6 is 0 Å². The van der Waals surface area contributed by atoms with E-state index < -0.39 is 0 Å². The lowest BCUT2D eigenvalue weighted by Gasteiger charge is -2.43. The summed E-state index contributed by atoms with van der Waals surface area (Å²) in [5.41, 5.74) is 1.62. The first kappa shape index (κ1) is 19.0. The van der Waals surface area contributed by atoms with Crippen molar-refractivity contribution in [2.75, 3.05) is 50.8 Å². The molecule has 0 bridgehead atoms. The van der Waals surface area contributed by atoms with E-state index in [1.54, 1.807) is 0 Å². The predicted molar refractivity (Wildman–Crippen MR) is 99.7 cm³/mol. The molecule has 1 heterocycles. The van der Waals surface area contributed by atoms with Crippen LogP contribution in [0.5, 0.6) is 5.75 Å². The van der Waals surface area contributed by atoms with Gasteiger partial charge in [-0.3, -0.25) is 4.90 Å². The third-order valence-corrected chi connectivity index (χ3v) is 5.10. The van der Waals surface area contributed by atoms with E-state index in [1.165, 1.54) is 0 Å². The second-order valence-corrected chi connectivity index (χ2v) is 7.25. The number of phenolic OH excluding ortho intramolecular Hbond substituents is 1. The zero-order chi connectivity index (χ0) is 17.7. The Bertz CT molecular complexity index is 523. The molecule has 1 aliphatic rings. The van der Waals surface area contributed by atoms with Crippen LogP contribution in [-0.4, -0.2) is 61.0 Å². The number of phenols is 1. The Balaban J connectivity index is 2.38. The molecule has 5 nitrogen and oxygen atoms in total. The lowest BCUT2D eigenvalue weighted by atomic mass is 9.79. The Hall–Kier alpha value is -1.30. The van der Waals surface area contributed by atoms with Gasteiger partial charge in [0, 0.05) is 74.6 Å². The lowest BCUT2D eigenvalue weighted by molar-refractivity contribution is 0.0293. The number of nitrogens with zero attached hydrogens (tertiary/aromatic N) is 2. The van der Waals surface area contributed by atoms with Crippen molar-refractivity contribution in [3.8, 4) is 5.75 Å². The summed E-state index contributed by atoms with van der Waals surface area (Å²) in [6, 6.07) is 5.98. The van der Waals surface area contributed by atoms with Gasteiger partial charge in [-0.25, -0.2) is 0 Å². The van der Waals surface area contributed by atoms with Gasteiger partial charge in [-0.2, -0.15) is 0 Å². The highest BCUT2D eigenvalue weighted by Gasteiger charge is 2.37. The Morgan fingerprint density at radius 1 is 1.21 bits per heavy atom. The molecule has 0 aliphatic carbocycles. The Morgan fingerprint density at radius 3 is 2.33 bits per heavy atom. The number of aliphatic hydroxyl groups excluding tert-OH is 1. The minimum absolute atomic E-state index is 0.00430. The van der Waals surface area contributed by atoms with Gasteiger partial charge < -0.3 is 20.4 Å². The SMILES string of the molecule is CCN(CC)c1ccc([C@@H](N2CCNCC2)C(C)(C)CO)c(O)c1. The number of nitrogens with one attached hydrogen (secondary N) is 1.